The highest BCUT2D eigenvalue weighted by atomic mass is 19.1. The molecule has 7 nitrogen and oxygen atoms in total. The highest BCUT2D eigenvalue weighted by Crippen LogP contribution is 2.30. The molecule has 0 radical (unpaired) electrons. The van der Waals surface area contributed by atoms with Crippen LogP contribution in [0.4, 0.5) is 14.9 Å². The average Bonchev–Trinajstić information content (AvgIpc) is 3.20. The molecule has 1 fully saturated rings. The van der Waals surface area contributed by atoms with E-state index in [1.807, 2.05) is 12.1 Å². The number of halogens is 1. The lowest BCUT2D eigenvalue weighted by Crippen LogP contribution is -2.41. The van der Waals surface area contributed by atoms with Crippen molar-refractivity contribution >= 4 is 11.7 Å². The minimum atomic E-state index is -0.459. The molecule has 1 aliphatic rings. The van der Waals surface area contributed by atoms with Crippen LogP contribution in [0.2, 0.25) is 0 Å². The number of carbonyl (C=O) groups excluding carboxylic acids is 1. The van der Waals surface area contributed by atoms with Gasteiger partial charge in [-0.3, -0.25) is 10.1 Å². The second-order valence-electron chi connectivity index (χ2n) is 6.40. The zero-order valence-electron chi connectivity index (χ0n) is 14.6. The third-order valence-corrected chi connectivity index (χ3v) is 4.64. The highest BCUT2D eigenvalue weighted by Gasteiger charge is 2.31. The van der Waals surface area contributed by atoms with Crippen molar-refractivity contribution in [1.29, 1.82) is 0 Å². The van der Waals surface area contributed by atoms with Crippen LogP contribution in [0.3, 0.4) is 0 Å². The number of pyridine rings is 1. The minimum Gasteiger partial charge on any atom is -0.314 e. The lowest BCUT2D eigenvalue weighted by atomic mass is 10.0. The van der Waals surface area contributed by atoms with Crippen LogP contribution in [0.15, 0.2) is 48.8 Å². The molecule has 2 N–H and O–H groups in total. The summed E-state index contributed by atoms with van der Waals surface area (Å²) >= 11 is 0. The molecule has 1 aromatic carbocycles. The van der Waals surface area contributed by atoms with Gasteiger partial charge in [-0.2, -0.15) is 5.10 Å². The number of likely N-dealkylation sites (tertiary alicyclic amines) is 1. The Hall–Kier alpha value is -3.29. The van der Waals surface area contributed by atoms with Gasteiger partial charge in [0, 0.05) is 24.5 Å². The first kappa shape index (κ1) is 17.1. The summed E-state index contributed by atoms with van der Waals surface area (Å²) in [5.41, 5.74) is 1.02. The molecule has 2 amide bonds. The molecule has 0 spiro atoms. The van der Waals surface area contributed by atoms with E-state index in [1.54, 1.807) is 35.5 Å². The molecule has 8 heteroatoms. The number of aromatic amines is 1. The molecule has 27 heavy (non-hydrogen) atoms. The Kier molecular flexibility index (Phi) is 4.78. The van der Waals surface area contributed by atoms with Crippen molar-refractivity contribution in [3.8, 4) is 11.4 Å². The van der Waals surface area contributed by atoms with Crippen molar-refractivity contribution in [3.63, 3.8) is 0 Å². The number of hydrogen-bond donors (Lipinski definition) is 2. The van der Waals surface area contributed by atoms with Gasteiger partial charge >= 0.3 is 6.03 Å². The van der Waals surface area contributed by atoms with Gasteiger partial charge in [-0.1, -0.05) is 12.1 Å². The summed E-state index contributed by atoms with van der Waals surface area (Å²) < 4.78 is 13.9. The van der Waals surface area contributed by atoms with Crippen LogP contribution in [0.5, 0.6) is 0 Å². The van der Waals surface area contributed by atoms with Crippen LogP contribution in [0.1, 0.15) is 31.1 Å². The normalized spacial score (nSPS) is 16.9. The molecule has 1 aliphatic heterocycles. The molecule has 1 unspecified atom stereocenters. The topological polar surface area (TPSA) is 86.8 Å². The van der Waals surface area contributed by atoms with Crippen LogP contribution in [-0.4, -0.2) is 37.6 Å². The molecule has 1 saturated heterocycles. The molecule has 3 heterocycles. The lowest BCUT2D eigenvalue weighted by molar-refractivity contribution is 0.159. The number of rotatable bonds is 3. The largest absolute Gasteiger partial charge is 0.322 e. The Labute approximate surface area is 155 Å². The second kappa shape index (κ2) is 7.53. The third kappa shape index (κ3) is 3.64. The number of piperidine rings is 1. The van der Waals surface area contributed by atoms with Crippen LogP contribution in [-0.2, 0) is 0 Å². The van der Waals surface area contributed by atoms with Gasteiger partial charge in [0.15, 0.2) is 5.82 Å². The van der Waals surface area contributed by atoms with E-state index in [1.165, 1.54) is 6.07 Å². The van der Waals surface area contributed by atoms with Gasteiger partial charge in [-0.15, -0.1) is 0 Å². The summed E-state index contributed by atoms with van der Waals surface area (Å²) in [7, 11) is 0. The summed E-state index contributed by atoms with van der Waals surface area (Å²) in [6, 6.07) is 9.23. The summed E-state index contributed by atoms with van der Waals surface area (Å²) in [4.78, 5) is 23.0. The van der Waals surface area contributed by atoms with Crippen molar-refractivity contribution in [3.05, 3.63) is 60.4 Å². The van der Waals surface area contributed by atoms with E-state index in [0.717, 1.165) is 24.8 Å². The van der Waals surface area contributed by atoms with Gasteiger partial charge in [0.2, 0.25) is 0 Å². The van der Waals surface area contributed by atoms with Crippen LogP contribution in [0, 0.1) is 5.82 Å². The number of H-pyrrole nitrogens is 1. The zero-order valence-corrected chi connectivity index (χ0v) is 14.6. The molecular weight excluding hydrogens is 347 g/mol. The SMILES string of the molecule is O=C(Nc1ccccc1F)N1CCCCC1c1nc(-c2ccncc2)n[nH]1. The molecule has 138 valence electrons. The highest BCUT2D eigenvalue weighted by molar-refractivity contribution is 5.89. The zero-order chi connectivity index (χ0) is 18.6. The number of nitrogens with one attached hydrogen (secondary N) is 2. The van der Waals surface area contributed by atoms with E-state index < -0.39 is 5.82 Å². The molecule has 0 saturated carbocycles. The first-order valence-corrected chi connectivity index (χ1v) is 8.87. The fourth-order valence-corrected chi connectivity index (χ4v) is 3.26. The Morgan fingerprint density at radius 1 is 1.19 bits per heavy atom. The Bertz CT molecular complexity index is 929. The number of para-hydroxylation sites is 1. The van der Waals surface area contributed by atoms with Crippen molar-refractivity contribution in [2.24, 2.45) is 0 Å². The molecule has 2 aromatic heterocycles. The number of amides is 2. The number of aromatic nitrogens is 4. The number of benzene rings is 1. The van der Waals surface area contributed by atoms with Gasteiger partial charge in [-0.25, -0.2) is 14.2 Å². The van der Waals surface area contributed by atoms with E-state index in [4.69, 9.17) is 0 Å². The average molecular weight is 366 g/mol. The maximum atomic E-state index is 13.9. The van der Waals surface area contributed by atoms with Crippen molar-refractivity contribution < 1.29 is 9.18 Å². The monoisotopic (exact) mass is 366 g/mol. The van der Waals surface area contributed by atoms with Crippen LogP contribution >= 0.6 is 0 Å². The van der Waals surface area contributed by atoms with Crippen molar-refractivity contribution in [1.82, 2.24) is 25.1 Å². The quantitative estimate of drug-likeness (QED) is 0.739. The Balaban J connectivity index is 1.55. The van der Waals surface area contributed by atoms with Gasteiger partial charge in [0.25, 0.3) is 0 Å². The van der Waals surface area contributed by atoms with Gasteiger partial charge in [0.1, 0.15) is 11.6 Å². The van der Waals surface area contributed by atoms with Crippen LogP contribution < -0.4 is 5.32 Å². The second-order valence-corrected chi connectivity index (χ2v) is 6.40. The molecule has 3 aromatic rings. The standard InChI is InChI=1S/C19H19FN6O/c20-14-5-1-2-6-15(14)22-19(27)26-12-4-3-7-16(26)18-23-17(24-25-18)13-8-10-21-11-9-13/h1-2,5-6,8-11,16H,3-4,7,12H2,(H,22,27)(H,23,24,25). The molecule has 0 aliphatic carbocycles. The lowest BCUT2D eigenvalue weighted by Gasteiger charge is -2.34. The van der Waals surface area contributed by atoms with E-state index in [2.05, 4.69) is 25.5 Å². The van der Waals surface area contributed by atoms with E-state index in [-0.39, 0.29) is 17.8 Å². The summed E-state index contributed by atoms with van der Waals surface area (Å²) in [5, 5.41) is 9.89. The van der Waals surface area contributed by atoms with E-state index in [0.29, 0.717) is 18.2 Å². The third-order valence-electron chi connectivity index (χ3n) is 4.64. The summed E-state index contributed by atoms with van der Waals surface area (Å²) in [5.74, 6) is 0.733. The van der Waals surface area contributed by atoms with Gasteiger partial charge in [0.05, 0.1) is 11.7 Å². The number of hydrogen-bond acceptors (Lipinski definition) is 4. The number of urea groups is 1. The van der Waals surface area contributed by atoms with E-state index in [9.17, 15) is 9.18 Å². The fraction of sp³-hybridized carbons (Fsp3) is 0.263. The van der Waals surface area contributed by atoms with Gasteiger partial charge < -0.3 is 10.2 Å². The molecular formula is C19H19FN6O. The van der Waals surface area contributed by atoms with E-state index >= 15 is 0 Å². The predicted octanol–water partition coefficient (Wildman–Crippen LogP) is 3.76. The molecule has 4 rings (SSSR count). The number of anilines is 1. The first-order valence-electron chi connectivity index (χ1n) is 8.87. The molecule has 0 bridgehead atoms. The fourth-order valence-electron chi connectivity index (χ4n) is 3.26. The van der Waals surface area contributed by atoms with Crippen LogP contribution in [0.25, 0.3) is 11.4 Å². The first-order chi connectivity index (χ1) is 13.2. The Morgan fingerprint density at radius 2 is 2.00 bits per heavy atom. The maximum Gasteiger partial charge on any atom is 0.322 e. The summed E-state index contributed by atoms with van der Waals surface area (Å²) in [6.45, 7) is 0.580. The minimum absolute atomic E-state index is 0.168. The number of nitrogens with zero attached hydrogens (tertiary/aromatic N) is 4. The van der Waals surface area contributed by atoms with Gasteiger partial charge in [-0.05, 0) is 43.5 Å². The number of carbonyl (C=O) groups is 1. The van der Waals surface area contributed by atoms with Crippen molar-refractivity contribution in [2.45, 2.75) is 25.3 Å². The maximum absolute atomic E-state index is 13.9. The smallest absolute Gasteiger partial charge is 0.314 e. The predicted molar refractivity (Wildman–Crippen MR) is 98.3 cm³/mol. The van der Waals surface area contributed by atoms with Crippen molar-refractivity contribution in [2.75, 3.05) is 11.9 Å². The Morgan fingerprint density at radius 3 is 2.81 bits per heavy atom. The summed E-state index contributed by atoms with van der Waals surface area (Å²) in [6.07, 6.45) is 6.02. The molecule has 1 atom stereocenters.